The lowest BCUT2D eigenvalue weighted by atomic mass is 10.1. The molecule has 0 saturated carbocycles. The van der Waals surface area contributed by atoms with Crippen LogP contribution in [0.3, 0.4) is 0 Å². The van der Waals surface area contributed by atoms with Crippen LogP contribution >= 0.6 is 0 Å². The highest BCUT2D eigenvalue weighted by molar-refractivity contribution is 5.98. The fourth-order valence-corrected chi connectivity index (χ4v) is 1.65. The molecule has 0 aliphatic heterocycles. The van der Waals surface area contributed by atoms with Gasteiger partial charge in [-0.05, 0) is 30.7 Å². The predicted molar refractivity (Wildman–Crippen MR) is 73.8 cm³/mol. The van der Waals surface area contributed by atoms with E-state index in [-0.39, 0.29) is 35.9 Å². The molecule has 1 aromatic rings. The van der Waals surface area contributed by atoms with Crippen LogP contribution in [-0.4, -0.2) is 48.4 Å². The van der Waals surface area contributed by atoms with Crippen molar-refractivity contribution >= 4 is 17.8 Å². The Morgan fingerprint density at radius 3 is 2.30 bits per heavy atom. The zero-order chi connectivity index (χ0) is 15.3. The van der Waals surface area contributed by atoms with Gasteiger partial charge in [0.25, 0.3) is 5.91 Å². The maximum Gasteiger partial charge on any atom is 0.335 e. The van der Waals surface area contributed by atoms with Crippen molar-refractivity contribution in [1.29, 1.82) is 0 Å². The molecule has 0 heterocycles. The van der Waals surface area contributed by atoms with E-state index >= 15 is 0 Å². The molecule has 0 atom stereocenters. The van der Waals surface area contributed by atoms with Gasteiger partial charge in [0.15, 0.2) is 0 Å². The van der Waals surface area contributed by atoms with Gasteiger partial charge in [-0.25, -0.2) is 4.79 Å². The first-order valence-corrected chi connectivity index (χ1v) is 6.14. The molecular formula is C14H18N2O4. The number of hydrogen-bond donors (Lipinski definition) is 2. The highest BCUT2D eigenvalue weighted by Gasteiger charge is 2.11. The molecule has 108 valence electrons. The van der Waals surface area contributed by atoms with Crippen molar-refractivity contribution in [3.63, 3.8) is 0 Å². The molecule has 0 fully saturated rings. The predicted octanol–water partition coefficient (Wildman–Crippen LogP) is 0.901. The van der Waals surface area contributed by atoms with Crippen molar-refractivity contribution in [2.24, 2.45) is 0 Å². The van der Waals surface area contributed by atoms with Gasteiger partial charge in [-0.3, -0.25) is 9.59 Å². The molecule has 0 unspecified atom stereocenters. The number of carbonyl (C=O) groups excluding carboxylic acids is 2. The SMILES string of the molecule is Cc1cc(C(=O)O)cc(C(=O)NCCC(=O)N(C)C)c1. The van der Waals surface area contributed by atoms with E-state index in [0.717, 1.165) is 0 Å². The number of carbonyl (C=O) groups is 3. The van der Waals surface area contributed by atoms with Gasteiger partial charge in [0.05, 0.1) is 5.56 Å². The molecule has 0 saturated heterocycles. The lowest BCUT2D eigenvalue weighted by Gasteiger charge is -2.11. The minimum Gasteiger partial charge on any atom is -0.478 e. The minimum absolute atomic E-state index is 0.0690. The maximum atomic E-state index is 11.9. The Morgan fingerprint density at radius 2 is 1.75 bits per heavy atom. The van der Waals surface area contributed by atoms with E-state index in [1.807, 2.05) is 0 Å². The number of aromatic carboxylic acids is 1. The van der Waals surface area contributed by atoms with Crippen molar-refractivity contribution in [2.75, 3.05) is 20.6 Å². The normalized spacial score (nSPS) is 9.95. The van der Waals surface area contributed by atoms with Crippen LogP contribution in [-0.2, 0) is 4.79 Å². The Morgan fingerprint density at radius 1 is 1.15 bits per heavy atom. The third-order valence-corrected chi connectivity index (χ3v) is 2.71. The smallest absolute Gasteiger partial charge is 0.335 e. The van der Waals surface area contributed by atoms with E-state index < -0.39 is 5.97 Å². The number of benzene rings is 1. The Labute approximate surface area is 117 Å². The van der Waals surface area contributed by atoms with Crippen LogP contribution in [0.1, 0.15) is 32.7 Å². The first-order valence-electron chi connectivity index (χ1n) is 6.14. The molecule has 0 aliphatic carbocycles. The number of rotatable bonds is 5. The molecule has 0 aliphatic rings. The Balaban J connectivity index is 2.68. The molecule has 0 aromatic heterocycles. The largest absolute Gasteiger partial charge is 0.478 e. The van der Waals surface area contributed by atoms with E-state index in [2.05, 4.69) is 5.32 Å². The molecule has 2 N–H and O–H groups in total. The number of amides is 2. The van der Waals surface area contributed by atoms with Gasteiger partial charge in [-0.15, -0.1) is 0 Å². The quantitative estimate of drug-likeness (QED) is 0.838. The Hall–Kier alpha value is -2.37. The van der Waals surface area contributed by atoms with Gasteiger partial charge >= 0.3 is 5.97 Å². The fraction of sp³-hybridized carbons (Fsp3) is 0.357. The third kappa shape index (κ3) is 4.38. The lowest BCUT2D eigenvalue weighted by Crippen LogP contribution is -2.30. The van der Waals surface area contributed by atoms with Crippen LogP contribution in [0, 0.1) is 6.92 Å². The van der Waals surface area contributed by atoms with Crippen LogP contribution < -0.4 is 5.32 Å². The summed E-state index contributed by atoms with van der Waals surface area (Å²) in [7, 11) is 3.29. The Kier molecular flexibility index (Phi) is 5.25. The number of carboxylic acids is 1. The van der Waals surface area contributed by atoms with E-state index in [1.54, 1.807) is 27.1 Å². The van der Waals surface area contributed by atoms with Gasteiger partial charge in [0.1, 0.15) is 0 Å². The highest BCUT2D eigenvalue weighted by Crippen LogP contribution is 2.10. The van der Waals surface area contributed by atoms with Crippen LogP contribution in [0.25, 0.3) is 0 Å². The monoisotopic (exact) mass is 278 g/mol. The number of hydrogen-bond acceptors (Lipinski definition) is 3. The number of aryl methyl sites for hydroxylation is 1. The van der Waals surface area contributed by atoms with Crippen molar-refractivity contribution < 1.29 is 19.5 Å². The summed E-state index contributed by atoms with van der Waals surface area (Å²) in [4.78, 5) is 35.6. The van der Waals surface area contributed by atoms with Crippen LogP contribution in [0.4, 0.5) is 0 Å². The van der Waals surface area contributed by atoms with Crippen molar-refractivity contribution in [3.8, 4) is 0 Å². The van der Waals surface area contributed by atoms with E-state index in [4.69, 9.17) is 5.11 Å². The number of nitrogens with one attached hydrogen (secondary N) is 1. The van der Waals surface area contributed by atoms with Crippen molar-refractivity contribution in [1.82, 2.24) is 10.2 Å². The molecule has 1 aromatic carbocycles. The van der Waals surface area contributed by atoms with Crippen LogP contribution in [0.15, 0.2) is 18.2 Å². The van der Waals surface area contributed by atoms with Gasteiger partial charge in [-0.2, -0.15) is 0 Å². The van der Waals surface area contributed by atoms with E-state index in [1.165, 1.54) is 17.0 Å². The summed E-state index contributed by atoms with van der Waals surface area (Å²) in [5.41, 5.74) is 1.04. The lowest BCUT2D eigenvalue weighted by molar-refractivity contribution is -0.128. The summed E-state index contributed by atoms with van der Waals surface area (Å²) in [6.45, 7) is 1.94. The first kappa shape index (κ1) is 15.7. The highest BCUT2D eigenvalue weighted by atomic mass is 16.4. The zero-order valence-corrected chi connectivity index (χ0v) is 11.8. The molecule has 0 spiro atoms. The zero-order valence-electron chi connectivity index (χ0n) is 11.8. The summed E-state index contributed by atoms with van der Waals surface area (Å²) >= 11 is 0. The number of nitrogens with zero attached hydrogens (tertiary/aromatic N) is 1. The maximum absolute atomic E-state index is 11.9. The second kappa shape index (κ2) is 6.70. The molecule has 0 radical (unpaired) electrons. The molecular weight excluding hydrogens is 260 g/mol. The fourth-order valence-electron chi connectivity index (χ4n) is 1.65. The standard InChI is InChI=1S/C14H18N2O4/c1-9-6-10(8-11(7-9)14(19)20)13(18)15-5-4-12(17)16(2)3/h6-8H,4-5H2,1-3H3,(H,15,18)(H,19,20). The van der Waals surface area contributed by atoms with Crippen LogP contribution in [0.5, 0.6) is 0 Å². The van der Waals surface area contributed by atoms with Gasteiger partial charge in [0, 0.05) is 32.6 Å². The Bertz CT molecular complexity index is 538. The molecule has 1 rings (SSSR count). The molecule has 0 bridgehead atoms. The van der Waals surface area contributed by atoms with Crippen molar-refractivity contribution in [3.05, 3.63) is 34.9 Å². The molecule has 20 heavy (non-hydrogen) atoms. The van der Waals surface area contributed by atoms with E-state index in [9.17, 15) is 14.4 Å². The van der Waals surface area contributed by atoms with Crippen LogP contribution in [0.2, 0.25) is 0 Å². The van der Waals surface area contributed by atoms with Crippen molar-refractivity contribution in [2.45, 2.75) is 13.3 Å². The third-order valence-electron chi connectivity index (χ3n) is 2.71. The van der Waals surface area contributed by atoms with Gasteiger partial charge < -0.3 is 15.3 Å². The average molecular weight is 278 g/mol. The average Bonchev–Trinajstić information content (AvgIpc) is 2.37. The summed E-state index contributed by atoms with van der Waals surface area (Å²) in [6, 6.07) is 4.42. The summed E-state index contributed by atoms with van der Waals surface area (Å²) < 4.78 is 0. The molecule has 6 nitrogen and oxygen atoms in total. The second-order valence-corrected chi connectivity index (χ2v) is 4.69. The van der Waals surface area contributed by atoms with Gasteiger partial charge in [0.2, 0.25) is 5.91 Å². The summed E-state index contributed by atoms with van der Waals surface area (Å²) in [6.07, 6.45) is 0.205. The summed E-state index contributed by atoms with van der Waals surface area (Å²) in [5.74, 6) is -1.55. The number of carboxylic acid groups (broad SMARTS) is 1. The topological polar surface area (TPSA) is 86.7 Å². The first-order chi connectivity index (χ1) is 9.31. The second-order valence-electron chi connectivity index (χ2n) is 4.69. The van der Waals surface area contributed by atoms with Gasteiger partial charge in [-0.1, -0.05) is 0 Å². The minimum atomic E-state index is -1.08. The molecule has 6 heteroatoms. The summed E-state index contributed by atoms with van der Waals surface area (Å²) in [5, 5.41) is 11.5. The van der Waals surface area contributed by atoms with E-state index in [0.29, 0.717) is 5.56 Å². The molecule has 2 amide bonds.